The van der Waals surface area contributed by atoms with E-state index in [9.17, 15) is 0 Å². The van der Waals surface area contributed by atoms with Crippen LogP contribution in [-0.2, 0) is 0 Å². The Morgan fingerprint density at radius 3 is 2.92 bits per heavy atom. The topological polar surface area (TPSA) is 35.8 Å². The summed E-state index contributed by atoms with van der Waals surface area (Å²) in [6.07, 6.45) is 6.93. The summed E-state index contributed by atoms with van der Waals surface area (Å²) >= 11 is 1.93. The third-order valence-corrected chi connectivity index (χ3v) is 3.90. The van der Waals surface area contributed by atoms with Crippen LogP contribution >= 0.6 is 11.8 Å². The zero-order valence-electron chi connectivity index (χ0n) is 8.42. The summed E-state index contributed by atoms with van der Waals surface area (Å²) in [4.78, 5) is 0. The second kappa shape index (κ2) is 5.51. The highest BCUT2D eigenvalue weighted by Gasteiger charge is 2.27. The summed E-state index contributed by atoms with van der Waals surface area (Å²) in [7, 11) is 0. The molecule has 1 N–H and O–H groups in total. The van der Waals surface area contributed by atoms with Crippen LogP contribution < -0.4 is 5.32 Å². The van der Waals surface area contributed by atoms with Crippen molar-refractivity contribution in [1.82, 2.24) is 5.32 Å². The SMILES string of the molecule is CCC(C#N)NC1CCCC1SC. The molecule has 0 aliphatic heterocycles. The second-order valence-electron chi connectivity index (χ2n) is 3.57. The molecule has 1 rings (SSSR count). The van der Waals surface area contributed by atoms with E-state index in [-0.39, 0.29) is 6.04 Å². The molecule has 0 aromatic heterocycles. The second-order valence-corrected chi connectivity index (χ2v) is 4.65. The van der Waals surface area contributed by atoms with Crippen LogP contribution in [0.3, 0.4) is 0 Å². The lowest BCUT2D eigenvalue weighted by Crippen LogP contribution is -2.40. The fourth-order valence-corrected chi connectivity index (χ4v) is 2.85. The molecule has 0 aromatic rings. The summed E-state index contributed by atoms with van der Waals surface area (Å²) < 4.78 is 0. The molecule has 1 aliphatic carbocycles. The van der Waals surface area contributed by atoms with Crippen molar-refractivity contribution in [3.63, 3.8) is 0 Å². The van der Waals surface area contributed by atoms with Crippen molar-refractivity contribution in [3.8, 4) is 6.07 Å². The molecule has 0 radical (unpaired) electrons. The smallest absolute Gasteiger partial charge is 0.0952 e. The zero-order valence-corrected chi connectivity index (χ0v) is 9.23. The molecule has 1 aliphatic rings. The number of hydrogen-bond acceptors (Lipinski definition) is 3. The van der Waals surface area contributed by atoms with Crippen molar-refractivity contribution < 1.29 is 0 Å². The van der Waals surface area contributed by atoms with Crippen LogP contribution in [0.4, 0.5) is 0 Å². The molecule has 0 spiro atoms. The largest absolute Gasteiger partial charge is 0.298 e. The molecule has 3 atom stereocenters. The lowest BCUT2D eigenvalue weighted by molar-refractivity contribution is 0.480. The van der Waals surface area contributed by atoms with E-state index < -0.39 is 0 Å². The summed E-state index contributed by atoms with van der Waals surface area (Å²) in [6.45, 7) is 2.06. The van der Waals surface area contributed by atoms with E-state index in [1.54, 1.807) is 0 Å². The minimum absolute atomic E-state index is 0.0535. The van der Waals surface area contributed by atoms with Crippen LogP contribution in [0.2, 0.25) is 0 Å². The van der Waals surface area contributed by atoms with E-state index in [2.05, 4.69) is 24.6 Å². The third kappa shape index (κ3) is 2.89. The summed E-state index contributed by atoms with van der Waals surface area (Å²) in [6, 6.07) is 2.93. The minimum atomic E-state index is 0.0535. The van der Waals surface area contributed by atoms with Crippen molar-refractivity contribution in [2.45, 2.75) is 49.9 Å². The fourth-order valence-electron chi connectivity index (χ4n) is 1.90. The quantitative estimate of drug-likeness (QED) is 0.752. The summed E-state index contributed by atoms with van der Waals surface area (Å²) in [5.41, 5.74) is 0. The monoisotopic (exact) mass is 198 g/mol. The molecule has 1 saturated carbocycles. The van der Waals surface area contributed by atoms with Gasteiger partial charge in [-0.05, 0) is 25.5 Å². The number of rotatable bonds is 4. The predicted molar refractivity (Wildman–Crippen MR) is 57.8 cm³/mol. The van der Waals surface area contributed by atoms with E-state index in [0.717, 1.165) is 11.7 Å². The maximum atomic E-state index is 8.83. The number of hydrogen-bond donors (Lipinski definition) is 1. The Morgan fingerprint density at radius 2 is 2.38 bits per heavy atom. The molecule has 0 amide bonds. The average molecular weight is 198 g/mol. The predicted octanol–water partition coefficient (Wildman–Crippen LogP) is 2.16. The van der Waals surface area contributed by atoms with Gasteiger partial charge in [0.05, 0.1) is 12.1 Å². The fraction of sp³-hybridized carbons (Fsp3) is 0.900. The molecular formula is C10H18N2S. The van der Waals surface area contributed by atoms with E-state index in [0.29, 0.717) is 6.04 Å². The van der Waals surface area contributed by atoms with Gasteiger partial charge in [-0.3, -0.25) is 5.32 Å². The maximum Gasteiger partial charge on any atom is 0.0952 e. The number of nitriles is 1. The van der Waals surface area contributed by atoms with Gasteiger partial charge in [-0.2, -0.15) is 17.0 Å². The van der Waals surface area contributed by atoms with Gasteiger partial charge in [0.1, 0.15) is 0 Å². The van der Waals surface area contributed by atoms with Crippen molar-refractivity contribution in [2.75, 3.05) is 6.26 Å². The number of thioether (sulfide) groups is 1. The van der Waals surface area contributed by atoms with Crippen LogP contribution in [-0.4, -0.2) is 23.6 Å². The van der Waals surface area contributed by atoms with E-state index in [1.807, 2.05) is 11.8 Å². The van der Waals surface area contributed by atoms with Gasteiger partial charge in [-0.15, -0.1) is 0 Å². The van der Waals surface area contributed by atoms with Crippen molar-refractivity contribution in [1.29, 1.82) is 5.26 Å². The van der Waals surface area contributed by atoms with Gasteiger partial charge in [0.15, 0.2) is 0 Å². The van der Waals surface area contributed by atoms with Gasteiger partial charge >= 0.3 is 0 Å². The normalized spacial score (nSPS) is 29.9. The van der Waals surface area contributed by atoms with E-state index in [4.69, 9.17) is 5.26 Å². The van der Waals surface area contributed by atoms with Gasteiger partial charge in [0.2, 0.25) is 0 Å². The first-order chi connectivity index (χ1) is 6.31. The Balaban J connectivity index is 2.39. The van der Waals surface area contributed by atoms with Crippen molar-refractivity contribution in [3.05, 3.63) is 0 Å². The highest BCUT2D eigenvalue weighted by Crippen LogP contribution is 2.28. The number of nitrogens with zero attached hydrogens (tertiary/aromatic N) is 1. The first-order valence-electron chi connectivity index (χ1n) is 5.00. The molecular weight excluding hydrogens is 180 g/mol. The molecule has 13 heavy (non-hydrogen) atoms. The van der Waals surface area contributed by atoms with Crippen LogP contribution in [0.5, 0.6) is 0 Å². The first kappa shape index (κ1) is 10.9. The lowest BCUT2D eigenvalue weighted by atomic mass is 10.2. The van der Waals surface area contributed by atoms with E-state index >= 15 is 0 Å². The van der Waals surface area contributed by atoms with Gasteiger partial charge in [0, 0.05) is 11.3 Å². The van der Waals surface area contributed by atoms with E-state index in [1.165, 1.54) is 19.3 Å². The lowest BCUT2D eigenvalue weighted by Gasteiger charge is -2.21. The Labute approximate surface area is 85.1 Å². The first-order valence-corrected chi connectivity index (χ1v) is 6.29. The molecule has 3 unspecified atom stereocenters. The van der Waals surface area contributed by atoms with Gasteiger partial charge in [-0.25, -0.2) is 0 Å². The van der Waals surface area contributed by atoms with Crippen LogP contribution in [0.25, 0.3) is 0 Å². The molecule has 1 fully saturated rings. The van der Waals surface area contributed by atoms with Gasteiger partial charge in [0.25, 0.3) is 0 Å². The molecule has 2 nitrogen and oxygen atoms in total. The Kier molecular flexibility index (Phi) is 4.61. The summed E-state index contributed by atoms with van der Waals surface area (Å²) in [5, 5.41) is 13.0. The molecule has 0 bridgehead atoms. The van der Waals surface area contributed by atoms with Gasteiger partial charge < -0.3 is 0 Å². The van der Waals surface area contributed by atoms with Crippen molar-refractivity contribution in [2.24, 2.45) is 0 Å². The van der Waals surface area contributed by atoms with Crippen LogP contribution in [0.1, 0.15) is 32.6 Å². The Hall–Kier alpha value is -0.200. The molecule has 74 valence electrons. The molecule has 3 heteroatoms. The highest BCUT2D eigenvalue weighted by molar-refractivity contribution is 7.99. The highest BCUT2D eigenvalue weighted by atomic mass is 32.2. The summed E-state index contributed by atoms with van der Waals surface area (Å²) in [5.74, 6) is 0. The van der Waals surface area contributed by atoms with Crippen LogP contribution in [0.15, 0.2) is 0 Å². The average Bonchev–Trinajstić information content (AvgIpc) is 2.61. The third-order valence-electron chi connectivity index (χ3n) is 2.73. The van der Waals surface area contributed by atoms with Gasteiger partial charge in [-0.1, -0.05) is 13.3 Å². The molecule has 0 aromatic carbocycles. The van der Waals surface area contributed by atoms with Crippen LogP contribution in [0, 0.1) is 11.3 Å². The maximum absolute atomic E-state index is 8.83. The minimum Gasteiger partial charge on any atom is -0.298 e. The standard InChI is InChI=1S/C10H18N2S/c1-3-8(7-11)12-9-5-4-6-10(9)13-2/h8-10,12H,3-6H2,1-2H3. The molecule has 0 saturated heterocycles. The zero-order chi connectivity index (χ0) is 9.68. The Bertz CT molecular complexity index is 188. The van der Waals surface area contributed by atoms with Crippen molar-refractivity contribution >= 4 is 11.8 Å². The Morgan fingerprint density at radius 1 is 1.62 bits per heavy atom. The molecule has 0 heterocycles. The number of nitrogens with one attached hydrogen (secondary N) is 1.